The predicted molar refractivity (Wildman–Crippen MR) is 103 cm³/mol. The van der Waals surface area contributed by atoms with Gasteiger partial charge < -0.3 is 0 Å². The zero-order valence-electron chi connectivity index (χ0n) is 15.3. The SMILES string of the molecule is CCC(C)CCCC(C)C(C)CCC(C)c1ccc(S)cc1. The van der Waals surface area contributed by atoms with Crippen molar-refractivity contribution in [3.8, 4) is 0 Å². The van der Waals surface area contributed by atoms with E-state index < -0.39 is 0 Å². The van der Waals surface area contributed by atoms with Gasteiger partial charge in [0.05, 0.1) is 0 Å². The first-order valence-electron chi connectivity index (χ1n) is 9.22. The Morgan fingerprint density at radius 1 is 0.818 bits per heavy atom. The summed E-state index contributed by atoms with van der Waals surface area (Å²) in [4.78, 5) is 1.05. The topological polar surface area (TPSA) is 0 Å². The van der Waals surface area contributed by atoms with E-state index in [1.54, 1.807) is 0 Å². The van der Waals surface area contributed by atoms with Crippen LogP contribution in [0, 0.1) is 17.8 Å². The van der Waals surface area contributed by atoms with Gasteiger partial charge in [0.2, 0.25) is 0 Å². The van der Waals surface area contributed by atoms with Gasteiger partial charge in [0, 0.05) is 4.90 Å². The molecule has 1 rings (SSSR count). The Morgan fingerprint density at radius 3 is 2.00 bits per heavy atom. The third-order valence-electron chi connectivity index (χ3n) is 5.54. The summed E-state index contributed by atoms with van der Waals surface area (Å²) in [6, 6.07) is 8.67. The summed E-state index contributed by atoms with van der Waals surface area (Å²) in [6.07, 6.45) is 8.16. The van der Waals surface area contributed by atoms with E-state index in [4.69, 9.17) is 0 Å². The highest BCUT2D eigenvalue weighted by molar-refractivity contribution is 7.80. The van der Waals surface area contributed by atoms with E-state index in [9.17, 15) is 0 Å². The van der Waals surface area contributed by atoms with E-state index in [-0.39, 0.29) is 0 Å². The summed E-state index contributed by atoms with van der Waals surface area (Å²) >= 11 is 4.37. The van der Waals surface area contributed by atoms with E-state index >= 15 is 0 Å². The van der Waals surface area contributed by atoms with Crippen LogP contribution in [0.2, 0.25) is 0 Å². The lowest BCUT2D eigenvalue weighted by Gasteiger charge is -2.22. The Morgan fingerprint density at radius 2 is 1.41 bits per heavy atom. The lowest BCUT2D eigenvalue weighted by atomic mass is 9.84. The molecule has 126 valence electrons. The molecule has 0 aliphatic carbocycles. The maximum Gasteiger partial charge on any atom is 0.00401 e. The molecule has 0 saturated carbocycles. The fourth-order valence-electron chi connectivity index (χ4n) is 3.04. The molecule has 0 spiro atoms. The zero-order valence-corrected chi connectivity index (χ0v) is 16.2. The van der Waals surface area contributed by atoms with Crippen LogP contribution in [0.5, 0.6) is 0 Å². The molecule has 0 aromatic heterocycles. The highest BCUT2D eigenvalue weighted by atomic mass is 32.1. The molecular formula is C21H36S. The van der Waals surface area contributed by atoms with Gasteiger partial charge in [-0.05, 0) is 54.2 Å². The molecule has 0 aliphatic rings. The molecule has 0 amide bonds. The van der Waals surface area contributed by atoms with E-state index in [1.165, 1.54) is 44.1 Å². The first-order valence-corrected chi connectivity index (χ1v) is 9.67. The molecule has 0 saturated heterocycles. The number of hydrogen-bond donors (Lipinski definition) is 1. The zero-order chi connectivity index (χ0) is 16.5. The van der Waals surface area contributed by atoms with Crippen LogP contribution < -0.4 is 0 Å². The van der Waals surface area contributed by atoms with E-state index in [0.717, 1.165) is 22.6 Å². The minimum atomic E-state index is 0.656. The molecule has 0 bridgehead atoms. The largest absolute Gasteiger partial charge is 0.143 e. The smallest absolute Gasteiger partial charge is 0.00401 e. The second kappa shape index (κ2) is 10.4. The summed E-state index contributed by atoms with van der Waals surface area (Å²) in [5.74, 6) is 3.25. The van der Waals surface area contributed by atoms with E-state index in [1.807, 2.05) is 0 Å². The Kier molecular flexibility index (Phi) is 9.24. The quantitative estimate of drug-likeness (QED) is 0.428. The minimum Gasteiger partial charge on any atom is -0.143 e. The first kappa shape index (κ1) is 19.6. The van der Waals surface area contributed by atoms with Crippen LogP contribution in [-0.2, 0) is 0 Å². The third kappa shape index (κ3) is 7.22. The summed E-state index contributed by atoms with van der Waals surface area (Å²) in [5.41, 5.74) is 1.45. The maximum atomic E-state index is 4.37. The van der Waals surface area contributed by atoms with Crippen molar-refractivity contribution in [3.05, 3.63) is 29.8 Å². The van der Waals surface area contributed by atoms with Crippen molar-refractivity contribution in [2.24, 2.45) is 17.8 Å². The summed E-state index contributed by atoms with van der Waals surface area (Å²) in [7, 11) is 0. The third-order valence-corrected chi connectivity index (χ3v) is 5.84. The van der Waals surface area contributed by atoms with Crippen molar-refractivity contribution in [1.29, 1.82) is 0 Å². The average Bonchev–Trinajstić information content (AvgIpc) is 2.52. The Labute approximate surface area is 144 Å². The number of benzene rings is 1. The fourth-order valence-corrected chi connectivity index (χ4v) is 3.19. The molecule has 0 N–H and O–H groups in total. The Balaban J connectivity index is 2.29. The van der Waals surface area contributed by atoms with Gasteiger partial charge in [-0.3, -0.25) is 0 Å². The van der Waals surface area contributed by atoms with Crippen molar-refractivity contribution in [1.82, 2.24) is 0 Å². The lowest BCUT2D eigenvalue weighted by Crippen LogP contribution is -2.10. The molecule has 0 aliphatic heterocycles. The highest BCUT2D eigenvalue weighted by Gasteiger charge is 2.14. The fraction of sp³-hybridized carbons (Fsp3) is 0.714. The molecule has 4 atom stereocenters. The second-order valence-corrected chi connectivity index (χ2v) is 7.99. The molecule has 1 aromatic rings. The van der Waals surface area contributed by atoms with Gasteiger partial charge in [-0.1, -0.05) is 72.4 Å². The average molecular weight is 321 g/mol. The standard InChI is InChI=1S/C21H36S/c1-6-16(2)8-7-9-17(3)18(4)10-11-19(5)20-12-14-21(22)15-13-20/h12-19,22H,6-11H2,1-5H3. The van der Waals surface area contributed by atoms with Crippen LogP contribution in [0.1, 0.15) is 84.6 Å². The highest BCUT2D eigenvalue weighted by Crippen LogP contribution is 2.28. The molecule has 22 heavy (non-hydrogen) atoms. The van der Waals surface area contributed by atoms with Gasteiger partial charge >= 0.3 is 0 Å². The van der Waals surface area contributed by atoms with E-state index in [2.05, 4.69) is 71.5 Å². The summed E-state index contributed by atoms with van der Waals surface area (Å²) < 4.78 is 0. The van der Waals surface area contributed by atoms with Crippen LogP contribution in [0.25, 0.3) is 0 Å². The molecule has 4 unspecified atom stereocenters. The predicted octanol–water partition coefficient (Wildman–Crippen LogP) is 7.35. The molecule has 0 fully saturated rings. The van der Waals surface area contributed by atoms with Crippen LogP contribution in [0.15, 0.2) is 29.2 Å². The Hall–Kier alpha value is -0.430. The molecule has 1 heteroatoms. The van der Waals surface area contributed by atoms with Crippen molar-refractivity contribution in [2.75, 3.05) is 0 Å². The van der Waals surface area contributed by atoms with E-state index in [0.29, 0.717) is 5.92 Å². The molecule has 0 nitrogen and oxygen atoms in total. The molecular weight excluding hydrogens is 284 g/mol. The van der Waals surface area contributed by atoms with Crippen LogP contribution >= 0.6 is 12.6 Å². The monoisotopic (exact) mass is 320 g/mol. The van der Waals surface area contributed by atoms with Gasteiger partial charge in [0.25, 0.3) is 0 Å². The van der Waals surface area contributed by atoms with Gasteiger partial charge in [-0.25, -0.2) is 0 Å². The Bertz CT molecular complexity index is 395. The van der Waals surface area contributed by atoms with Crippen molar-refractivity contribution in [3.63, 3.8) is 0 Å². The molecule has 0 radical (unpaired) electrons. The summed E-state index contributed by atoms with van der Waals surface area (Å²) in [5, 5.41) is 0. The van der Waals surface area contributed by atoms with Crippen LogP contribution in [0.3, 0.4) is 0 Å². The minimum absolute atomic E-state index is 0.656. The second-order valence-electron chi connectivity index (χ2n) is 7.47. The number of hydrogen-bond acceptors (Lipinski definition) is 1. The van der Waals surface area contributed by atoms with Gasteiger partial charge in [-0.2, -0.15) is 0 Å². The van der Waals surface area contributed by atoms with Gasteiger partial charge in [0.15, 0.2) is 0 Å². The van der Waals surface area contributed by atoms with Crippen LogP contribution in [0.4, 0.5) is 0 Å². The van der Waals surface area contributed by atoms with Crippen molar-refractivity contribution >= 4 is 12.6 Å². The number of thiol groups is 1. The van der Waals surface area contributed by atoms with Crippen LogP contribution in [-0.4, -0.2) is 0 Å². The molecule has 1 aromatic carbocycles. The van der Waals surface area contributed by atoms with Crippen molar-refractivity contribution < 1.29 is 0 Å². The van der Waals surface area contributed by atoms with Gasteiger partial charge in [0.1, 0.15) is 0 Å². The molecule has 0 heterocycles. The first-order chi connectivity index (χ1) is 10.4. The number of rotatable bonds is 10. The maximum absolute atomic E-state index is 4.37. The van der Waals surface area contributed by atoms with Crippen molar-refractivity contribution in [2.45, 2.75) is 84.0 Å². The normalized spacial score (nSPS) is 17.0. The summed E-state index contributed by atoms with van der Waals surface area (Å²) in [6.45, 7) is 11.9. The van der Waals surface area contributed by atoms with Gasteiger partial charge in [-0.15, -0.1) is 12.6 Å². The lowest BCUT2D eigenvalue weighted by molar-refractivity contribution is 0.312.